The van der Waals surface area contributed by atoms with Gasteiger partial charge in [0.2, 0.25) is 0 Å². The molecule has 0 amide bonds. The zero-order chi connectivity index (χ0) is 15.7. The lowest BCUT2D eigenvalue weighted by molar-refractivity contribution is 0.207. The van der Waals surface area contributed by atoms with Crippen LogP contribution in [0.3, 0.4) is 0 Å². The van der Waals surface area contributed by atoms with Gasteiger partial charge in [-0.15, -0.1) is 0 Å². The van der Waals surface area contributed by atoms with E-state index in [-0.39, 0.29) is 16.9 Å². The van der Waals surface area contributed by atoms with Crippen LogP contribution in [0, 0.1) is 0 Å². The molecule has 1 unspecified atom stereocenters. The SMILES string of the molecule is CCC(C)Oc1c(C(C)(C)C)cc(Br)cc1C(C)(C)C. The monoisotopic (exact) mass is 340 g/mol. The minimum absolute atomic E-state index is 0.0621. The van der Waals surface area contributed by atoms with Crippen molar-refractivity contribution in [2.24, 2.45) is 0 Å². The van der Waals surface area contributed by atoms with Crippen LogP contribution in [0.4, 0.5) is 0 Å². The zero-order valence-corrected chi connectivity index (χ0v) is 15.8. The fraction of sp³-hybridized carbons (Fsp3) is 0.667. The third-order valence-corrected chi connectivity index (χ3v) is 4.02. The van der Waals surface area contributed by atoms with Gasteiger partial charge in [-0.25, -0.2) is 0 Å². The standard InChI is InChI=1S/C18H29BrO/c1-9-12(2)20-16-14(17(3,4)5)10-13(19)11-15(16)18(6,7)8/h10-12H,9H2,1-8H3. The molecule has 0 aliphatic carbocycles. The van der Waals surface area contributed by atoms with Gasteiger partial charge >= 0.3 is 0 Å². The normalized spacial score (nSPS) is 14.2. The van der Waals surface area contributed by atoms with Gasteiger partial charge in [0.1, 0.15) is 5.75 Å². The number of rotatable bonds is 3. The topological polar surface area (TPSA) is 9.23 Å². The van der Waals surface area contributed by atoms with Crippen molar-refractivity contribution in [2.45, 2.75) is 78.7 Å². The van der Waals surface area contributed by atoms with Crippen LogP contribution in [-0.2, 0) is 10.8 Å². The highest BCUT2D eigenvalue weighted by molar-refractivity contribution is 9.10. The molecule has 0 aliphatic rings. The Bertz CT molecular complexity index is 428. The Hall–Kier alpha value is -0.500. The summed E-state index contributed by atoms with van der Waals surface area (Å²) in [4.78, 5) is 0. The third-order valence-electron chi connectivity index (χ3n) is 3.56. The van der Waals surface area contributed by atoms with E-state index >= 15 is 0 Å². The maximum Gasteiger partial charge on any atom is 0.127 e. The lowest BCUT2D eigenvalue weighted by Crippen LogP contribution is -2.22. The Morgan fingerprint density at radius 2 is 1.40 bits per heavy atom. The van der Waals surface area contributed by atoms with Crippen molar-refractivity contribution < 1.29 is 4.74 Å². The van der Waals surface area contributed by atoms with E-state index in [9.17, 15) is 0 Å². The molecule has 1 aromatic rings. The molecule has 0 N–H and O–H groups in total. The molecule has 0 saturated heterocycles. The average molecular weight is 341 g/mol. The second-order valence-corrected chi connectivity index (χ2v) is 8.58. The third kappa shape index (κ3) is 4.25. The van der Waals surface area contributed by atoms with Gasteiger partial charge in [-0.3, -0.25) is 0 Å². The van der Waals surface area contributed by atoms with Crippen molar-refractivity contribution in [3.05, 3.63) is 27.7 Å². The summed E-state index contributed by atoms with van der Waals surface area (Å²) in [5.41, 5.74) is 2.67. The second kappa shape index (κ2) is 6.09. The first-order chi connectivity index (χ1) is 8.96. The molecular formula is C18H29BrO. The van der Waals surface area contributed by atoms with Gasteiger partial charge in [-0.1, -0.05) is 64.4 Å². The molecule has 0 bridgehead atoms. The predicted octanol–water partition coefficient (Wildman–Crippen LogP) is 6.22. The number of halogens is 1. The Kier molecular flexibility index (Phi) is 5.34. The van der Waals surface area contributed by atoms with Crippen molar-refractivity contribution in [1.82, 2.24) is 0 Å². The largest absolute Gasteiger partial charge is 0.490 e. The summed E-state index contributed by atoms with van der Waals surface area (Å²) in [7, 11) is 0. The van der Waals surface area contributed by atoms with Crippen LogP contribution in [-0.4, -0.2) is 6.10 Å². The van der Waals surface area contributed by atoms with Crippen LogP contribution in [0.15, 0.2) is 16.6 Å². The zero-order valence-electron chi connectivity index (χ0n) is 14.2. The van der Waals surface area contributed by atoms with Gasteiger partial charge in [0.05, 0.1) is 6.10 Å². The first-order valence-electron chi connectivity index (χ1n) is 7.48. The van der Waals surface area contributed by atoms with Crippen molar-refractivity contribution in [3.63, 3.8) is 0 Å². The molecule has 1 aromatic carbocycles. The maximum absolute atomic E-state index is 6.31. The molecule has 0 aromatic heterocycles. The lowest BCUT2D eigenvalue weighted by atomic mass is 9.79. The highest BCUT2D eigenvalue weighted by Gasteiger charge is 2.28. The smallest absolute Gasteiger partial charge is 0.127 e. The highest BCUT2D eigenvalue weighted by Crippen LogP contribution is 2.42. The molecule has 20 heavy (non-hydrogen) atoms. The minimum Gasteiger partial charge on any atom is -0.490 e. The minimum atomic E-state index is 0.0621. The van der Waals surface area contributed by atoms with E-state index < -0.39 is 0 Å². The van der Waals surface area contributed by atoms with Crippen molar-refractivity contribution >= 4 is 15.9 Å². The van der Waals surface area contributed by atoms with Crippen molar-refractivity contribution in [1.29, 1.82) is 0 Å². The lowest BCUT2D eigenvalue weighted by Gasteiger charge is -2.31. The van der Waals surface area contributed by atoms with Crippen LogP contribution in [0.1, 0.15) is 72.9 Å². The van der Waals surface area contributed by atoms with Crippen LogP contribution in [0.2, 0.25) is 0 Å². The van der Waals surface area contributed by atoms with Gasteiger partial charge in [0.15, 0.2) is 0 Å². The average Bonchev–Trinajstić information content (AvgIpc) is 2.27. The van der Waals surface area contributed by atoms with E-state index in [1.165, 1.54) is 11.1 Å². The van der Waals surface area contributed by atoms with Crippen LogP contribution in [0.25, 0.3) is 0 Å². The molecule has 2 heteroatoms. The van der Waals surface area contributed by atoms with Gasteiger partial charge in [-0.05, 0) is 36.3 Å². The summed E-state index contributed by atoms with van der Waals surface area (Å²) in [6, 6.07) is 4.40. The van der Waals surface area contributed by atoms with Gasteiger partial charge in [0.25, 0.3) is 0 Å². The molecule has 114 valence electrons. The van der Waals surface area contributed by atoms with Crippen molar-refractivity contribution in [3.8, 4) is 5.75 Å². The summed E-state index contributed by atoms with van der Waals surface area (Å²) in [6.07, 6.45) is 1.25. The van der Waals surface area contributed by atoms with Crippen LogP contribution >= 0.6 is 15.9 Å². The summed E-state index contributed by atoms with van der Waals surface area (Å²) in [6.45, 7) is 17.7. The first-order valence-corrected chi connectivity index (χ1v) is 8.27. The Balaban J connectivity index is 3.54. The highest BCUT2D eigenvalue weighted by atomic mass is 79.9. The van der Waals surface area contributed by atoms with E-state index in [2.05, 4.69) is 83.5 Å². The molecule has 0 aliphatic heterocycles. The quantitative estimate of drug-likeness (QED) is 0.634. The van der Waals surface area contributed by atoms with Crippen molar-refractivity contribution in [2.75, 3.05) is 0 Å². The molecule has 1 rings (SSSR count). The van der Waals surface area contributed by atoms with Crippen LogP contribution in [0.5, 0.6) is 5.75 Å². The summed E-state index contributed by atoms with van der Waals surface area (Å²) in [5.74, 6) is 1.07. The van der Waals surface area contributed by atoms with E-state index in [0.717, 1.165) is 16.6 Å². The van der Waals surface area contributed by atoms with E-state index in [1.54, 1.807) is 0 Å². The van der Waals surface area contributed by atoms with Gasteiger partial charge in [0, 0.05) is 15.6 Å². The molecular weight excluding hydrogens is 312 g/mol. The number of hydrogen-bond donors (Lipinski definition) is 0. The Labute approximate surface area is 133 Å². The summed E-state index contributed by atoms with van der Waals surface area (Å²) >= 11 is 3.66. The molecule has 0 spiro atoms. The van der Waals surface area contributed by atoms with Crippen LogP contribution < -0.4 is 4.74 Å². The molecule has 0 radical (unpaired) electrons. The second-order valence-electron chi connectivity index (χ2n) is 7.67. The molecule has 1 atom stereocenters. The summed E-state index contributed by atoms with van der Waals surface area (Å²) in [5, 5.41) is 0. The first kappa shape index (κ1) is 17.6. The van der Waals surface area contributed by atoms with Gasteiger partial charge < -0.3 is 4.74 Å². The molecule has 1 nitrogen and oxygen atoms in total. The Morgan fingerprint density at radius 3 is 1.70 bits per heavy atom. The fourth-order valence-corrected chi connectivity index (χ4v) is 2.58. The molecule has 0 heterocycles. The van der Waals surface area contributed by atoms with E-state index in [1.807, 2.05) is 0 Å². The molecule has 0 saturated carbocycles. The predicted molar refractivity (Wildman–Crippen MR) is 91.9 cm³/mol. The Morgan fingerprint density at radius 1 is 1.00 bits per heavy atom. The van der Waals surface area contributed by atoms with Gasteiger partial charge in [-0.2, -0.15) is 0 Å². The van der Waals surface area contributed by atoms with E-state index in [4.69, 9.17) is 4.74 Å². The molecule has 0 fully saturated rings. The number of ether oxygens (including phenoxy) is 1. The summed E-state index contributed by atoms with van der Waals surface area (Å²) < 4.78 is 7.44. The number of hydrogen-bond acceptors (Lipinski definition) is 1. The number of benzene rings is 1. The maximum atomic E-state index is 6.31. The van der Waals surface area contributed by atoms with E-state index in [0.29, 0.717) is 0 Å². The fourth-order valence-electron chi connectivity index (χ4n) is 2.12.